The summed E-state index contributed by atoms with van der Waals surface area (Å²) in [5.74, 6) is -0.206. The number of rotatable bonds is 12. The molecule has 0 radical (unpaired) electrons. The molecule has 0 saturated heterocycles. The van der Waals surface area contributed by atoms with Gasteiger partial charge in [0.1, 0.15) is 18.3 Å². The number of carbonyl (C=O) groups is 2. The predicted molar refractivity (Wildman–Crippen MR) is 163 cm³/mol. The normalized spacial score (nSPS) is 12.3. The van der Waals surface area contributed by atoms with Crippen LogP contribution < -0.4 is 14.4 Å². The Balaban J connectivity index is 1.99. The Morgan fingerprint density at radius 3 is 2.10 bits per heavy atom. The first-order valence-electron chi connectivity index (χ1n) is 13.8. The third kappa shape index (κ3) is 8.82. The van der Waals surface area contributed by atoms with Crippen LogP contribution in [0.25, 0.3) is 0 Å². The first-order valence-corrected chi connectivity index (χ1v) is 15.2. The molecule has 3 rings (SSSR count). The molecule has 0 heterocycles. The van der Waals surface area contributed by atoms with Crippen molar-refractivity contribution in [2.24, 2.45) is 0 Å². The van der Waals surface area contributed by atoms with Gasteiger partial charge in [0.25, 0.3) is 10.0 Å². The van der Waals surface area contributed by atoms with E-state index in [-0.39, 0.29) is 17.3 Å². The van der Waals surface area contributed by atoms with Gasteiger partial charge in [-0.25, -0.2) is 8.42 Å². The van der Waals surface area contributed by atoms with E-state index in [1.807, 2.05) is 65.0 Å². The highest BCUT2D eigenvalue weighted by Crippen LogP contribution is 2.27. The second kappa shape index (κ2) is 13.7. The Kier molecular flexibility index (Phi) is 10.6. The fraction of sp³-hybridized carbons (Fsp3) is 0.375. The van der Waals surface area contributed by atoms with Crippen LogP contribution in [0.5, 0.6) is 5.75 Å². The molecule has 1 N–H and O–H groups in total. The minimum absolute atomic E-state index is 0.0687. The summed E-state index contributed by atoms with van der Waals surface area (Å²) in [6.45, 7) is 11.2. The molecule has 41 heavy (non-hydrogen) atoms. The second-order valence-corrected chi connectivity index (χ2v) is 12.9. The van der Waals surface area contributed by atoms with E-state index in [4.69, 9.17) is 4.74 Å². The molecule has 1 unspecified atom stereocenters. The molecule has 0 aliphatic carbocycles. The van der Waals surface area contributed by atoms with Gasteiger partial charge in [-0.3, -0.25) is 13.9 Å². The molecule has 0 aliphatic rings. The van der Waals surface area contributed by atoms with Crippen molar-refractivity contribution in [2.45, 2.75) is 64.4 Å². The molecule has 0 bridgehead atoms. The van der Waals surface area contributed by atoms with Crippen LogP contribution in [0.3, 0.4) is 0 Å². The number of anilines is 1. The lowest BCUT2D eigenvalue weighted by Gasteiger charge is -2.33. The Morgan fingerprint density at radius 1 is 0.927 bits per heavy atom. The van der Waals surface area contributed by atoms with Gasteiger partial charge in [0.15, 0.2) is 0 Å². The molecule has 9 heteroatoms. The number of benzene rings is 3. The van der Waals surface area contributed by atoms with E-state index in [0.717, 1.165) is 15.4 Å². The summed E-state index contributed by atoms with van der Waals surface area (Å²) in [5, 5.41) is 2.94. The van der Waals surface area contributed by atoms with Crippen LogP contribution in [0.2, 0.25) is 0 Å². The van der Waals surface area contributed by atoms with E-state index in [1.54, 1.807) is 43.3 Å². The maximum Gasteiger partial charge on any atom is 0.264 e. The summed E-state index contributed by atoms with van der Waals surface area (Å²) < 4.78 is 34.5. The maximum absolute atomic E-state index is 14.0. The highest BCUT2D eigenvalue weighted by Gasteiger charge is 2.33. The first-order chi connectivity index (χ1) is 19.3. The molecule has 1 atom stereocenters. The number of amides is 2. The fourth-order valence-corrected chi connectivity index (χ4v) is 5.70. The molecular weight excluding hydrogens is 538 g/mol. The number of aryl methyl sites for hydroxylation is 1. The minimum Gasteiger partial charge on any atom is -0.494 e. The zero-order valence-electron chi connectivity index (χ0n) is 24.8. The first kappa shape index (κ1) is 31.7. The Morgan fingerprint density at radius 2 is 1.54 bits per heavy atom. The lowest BCUT2D eigenvalue weighted by atomic mass is 10.1. The van der Waals surface area contributed by atoms with Crippen LogP contribution in [0.15, 0.2) is 83.8 Å². The highest BCUT2D eigenvalue weighted by molar-refractivity contribution is 7.92. The van der Waals surface area contributed by atoms with E-state index in [9.17, 15) is 18.0 Å². The average Bonchev–Trinajstić information content (AvgIpc) is 2.92. The van der Waals surface area contributed by atoms with Gasteiger partial charge in [-0.1, -0.05) is 48.0 Å². The average molecular weight is 580 g/mol. The van der Waals surface area contributed by atoms with Crippen LogP contribution in [-0.2, 0) is 26.0 Å². The Hall–Kier alpha value is -3.85. The number of hydrogen-bond donors (Lipinski definition) is 1. The Bertz CT molecular complexity index is 1400. The standard InChI is InChI=1S/C32H41N3O5S/c1-7-40-28-17-15-27(16-18-28)35(41(38,39)29-19-13-24(2)14-20-29)23-30(36)34(22-21-26-11-9-8-10-12-26)25(3)31(37)33-32(4,5)6/h8-20,25H,7,21-23H2,1-6H3,(H,33,37). The molecule has 3 aromatic carbocycles. The largest absolute Gasteiger partial charge is 0.494 e. The molecule has 8 nitrogen and oxygen atoms in total. The SMILES string of the molecule is CCOc1ccc(N(CC(=O)N(CCc2ccccc2)C(C)C(=O)NC(C)(C)C)S(=O)(=O)c2ccc(C)cc2)cc1. The molecule has 3 aromatic rings. The van der Waals surface area contributed by atoms with Gasteiger partial charge < -0.3 is 15.0 Å². The van der Waals surface area contributed by atoms with Crippen molar-refractivity contribution in [1.82, 2.24) is 10.2 Å². The van der Waals surface area contributed by atoms with Gasteiger partial charge in [-0.15, -0.1) is 0 Å². The number of hydrogen-bond acceptors (Lipinski definition) is 5. The summed E-state index contributed by atoms with van der Waals surface area (Å²) >= 11 is 0. The van der Waals surface area contributed by atoms with Gasteiger partial charge in [0.2, 0.25) is 11.8 Å². The van der Waals surface area contributed by atoms with E-state index in [2.05, 4.69) is 5.32 Å². The van der Waals surface area contributed by atoms with Crippen LogP contribution in [0.1, 0.15) is 45.7 Å². The number of nitrogens with zero attached hydrogens (tertiary/aromatic N) is 2. The van der Waals surface area contributed by atoms with E-state index < -0.39 is 34.1 Å². The van der Waals surface area contributed by atoms with Crippen molar-refractivity contribution in [1.29, 1.82) is 0 Å². The molecular formula is C32H41N3O5S. The molecule has 2 amide bonds. The van der Waals surface area contributed by atoms with Gasteiger partial charge in [0.05, 0.1) is 17.2 Å². The zero-order chi connectivity index (χ0) is 30.2. The summed E-state index contributed by atoms with van der Waals surface area (Å²) in [6.07, 6.45) is 0.507. The van der Waals surface area contributed by atoms with Crippen molar-refractivity contribution in [3.63, 3.8) is 0 Å². The zero-order valence-corrected chi connectivity index (χ0v) is 25.6. The summed E-state index contributed by atoms with van der Waals surface area (Å²) in [4.78, 5) is 28.7. The van der Waals surface area contributed by atoms with E-state index in [1.165, 1.54) is 17.0 Å². The van der Waals surface area contributed by atoms with Crippen LogP contribution in [-0.4, -0.2) is 56.4 Å². The quantitative estimate of drug-likeness (QED) is 0.327. The molecule has 0 spiro atoms. The number of ether oxygens (including phenoxy) is 1. The second-order valence-electron chi connectivity index (χ2n) is 11.0. The molecule has 220 valence electrons. The van der Waals surface area contributed by atoms with Crippen molar-refractivity contribution in [3.05, 3.63) is 90.0 Å². The fourth-order valence-electron chi connectivity index (χ4n) is 4.29. The monoisotopic (exact) mass is 579 g/mol. The predicted octanol–water partition coefficient (Wildman–Crippen LogP) is 4.96. The maximum atomic E-state index is 14.0. The summed E-state index contributed by atoms with van der Waals surface area (Å²) in [6, 6.07) is 21.9. The van der Waals surface area contributed by atoms with Crippen molar-refractivity contribution < 1.29 is 22.7 Å². The molecule has 0 aliphatic heterocycles. The number of sulfonamides is 1. The van der Waals surface area contributed by atoms with Gasteiger partial charge in [-0.05, 0) is 89.9 Å². The number of nitrogens with one attached hydrogen (secondary N) is 1. The van der Waals surface area contributed by atoms with Crippen LogP contribution in [0, 0.1) is 6.92 Å². The van der Waals surface area contributed by atoms with Crippen molar-refractivity contribution >= 4 is 27.5 Å². The van der Waals surface area contributed by atoms with Crippen molar-refractivity contribution in [3.8, 4) is 5.75 Å². The van der Waals surface area contributed by atoms with Gasteiger partial charge >= 0.3 is 0 Å². The van der Waals surface area contributed by atoms with E-state index in [0.29, 0.717) is 24.5 Å². The third-order valence-corrected chi connectivity index (χ3v) is 8.26. The van der Waals surface area contributed by atoms with Crippen LogP contribution >= 0.6 is 0 Å². The highest BCUT2D eigenvalue weighted by atomic mass is 32.2. The van der Waals surface area contributed by atoms with Gasteiger partial charge in [0, 0.05) is 12.1 Å². The molecule has 0 aromatic heterocycles. The van der Waals surface area contributed by atoms with Crippen LogP contribution in [0.4, 0.5) is 5.69 Å². The smallest absolute Gasteiger partial charge is 0.264 e. The summed E-state index contributed by atoms with van der Waals surface area (Å²) in [5.41, 5.74) is 1.74. The third-order valence-electron chi connectivity index (χ3n) is 6.47. The minimum atomic E-state index is -4.12. The van der Waals surface area contributed by atoms with Crippen molar-refractivity contribution in [2.75, 3.05) is 24.0 Å². The number of carbonyl (C=O) groups excluding carboxylic acids is 2. The molecule has 0 saturated carbocycles. The van der Waals surface area contributed by atoms with Gasteiger partial charge in [-0.2, -0.15) is 0 Å². The summed E-state index contributed by atoms with van der Waals surface area (Å²) in [7, 11) is -4.12. The lowest BCUT2D eigenvalue weighted by Crippen LogP contribution is -2.55. The topological polar surface area (TPSA) is 96.0 Å². The lowest BCUT2D eigenvalue weighted by molar-refractivity contribution is -0.139. The van der Waals surface area contributed by atoms with E-state index >= 15 is 0 Å². The molecule has 0 fully saturated rings. The Labute approximate surface area is 244 Å².